The van der Waals surface area contributed by atoms with Crippen LogP contribution in [0.4, 0.5) is 11.5 Å². The molecule has 122 valence electrons. The summed E-state index contributed by atoms with van der Waals surface area (Å²) >= 11 is 3.45. The smallest absolute Gasteiger partial charge is 0.276 e. The highest BCUT2D eigenvalue weighted by atomic mass is 79.9. The summed E-state index contributed by atoms with van der Waals surface area (Å²) in [5.74, 6) is 0.418. The van der Waals surface area contributed by atoms with Crippen LogP contribution in [0.2, 0.25) is 0 Å². The van der Waals surface area contributed by atoms with E-state index in [1.54, 1.807) is 12.1 Å². The van der Waals surface area contributed by atoms with E-state index in [0.717, 1.165) is 28.7 Å². The quantitative estimate of drug-likeness (QED) is 0.702. The number of rotatable bonds is 7. The maximum Gasteiger partial charge on any atom is 0.276 e. The van der Waals surface area contributed by atoms with Gasteiger partial charge in [0.05, 0.1) is 0 Å². The van der Waals surface area contributed by atoms with E-state index in [-0.39, 0.29) is 5.91 Å². The van der Waals surface area contributed by atoms with Crippen LogP contribution < -0.4 is 10.6 Å². The summed E-state index contributed by atoms with van der Waals surface area (Å²) in [6, 6.07) is 9.11. The van der Waals surface area contributed by atoms with Crippen molar-refractivity contribution in [3.8, 4) is 0 Å². The predicted octanol–water partition coefficient (Wildman–Crippen LogP) is 4.40. The molecule has 23 heavy (non-hydrogen) atoms. The summed E-state index contributed by atoms with van der Waals surface area (Å²) in [5.41, 5.74) is 2.12. The molecule has 5 nitrogen and oxygen atoms in total. The van der Waals surface area contributed by atoms with Gasteiger partial charge in [0, 0.05) is 16.7 Å². The molecule has 0 radical (unpaired) electrons. The molecule has 0 saturated carbocycles. The molecule has 0 unspecified atom stereocenters. The van der Waals surface area contributed by atoms with Crippen molar-refractivity contribution in [2.75, 3.05) is 17.2 Å². The van der Waals surface area contributed by atoms with E-state index in [0.29, 0.717) is 11.5 Å². The second kappa shape index (κ2) is 8.62. The molecule has 0 fully saturated rings. The maximum atomic E-state index is 12.2. The highest BCUT2D eigenvalue weighted by Crippen LogP contribution is 2.21. The van der Waals surface area contributed by atoms with Gasteiger partial charge in [-0.05, 0) is 43.2 Å². The Morgan fingerprint density at radius 2 is 2.00 bits per heavy atom. The van der Waals surface area contributed by atoms with E-state index in [9.17, 15) is 4.79 Å². The van der Waals surface area contributed by atoms with Gasteiger partial charge in [0.25, 0.3) is 5.91 Å². The first-order valence-corrected chi connectivity index (χ1v) is 8.54. The lowest BCUT2D eigenvalue weighted by molar-refractivity contribution is 0.102. The zero-order chi connectivity index (χ0) is 16.7. The Labute approximate surface area is 145 Å². The Morgan fingerprint density at radius 3 is 2.65 bits per heavy atom. The van der Waals surface area contributed by atoms with Gasteiger partial charge >= 0.3 is 0 Å². The summed E-state index contributed by atoms with van der Waals surface area (Å²) in [5, 5.41) is 14.0. The third-order valence-electron chi connectivity index (χ3n) is 3.41. The Bertz CT molecular complexity index is 658. The first-order valence-electron chi connectivity index (χ1n) is 7.75. The van der Waals surface area contributed by atoms with Crippen LogP contribution in [0.3, 0.4) is 0 Å². The van der Waals surface area contributed by atoms with Crippen LogP contribution in [0, 0.1) is 6.92 Å². The molecule has 0 aliphatic heterocycles. The number of aromatic nitrogens is 2. The summed E-state index contributed by atoms with van der Waals surface area (Å²) in [7, 11) is 0. The van der Waals surface area contributed by atoms with E-state index >= 15 is 0 Å². The average Bonchev–Trinajstić information content (AvgIpc) is 2.55. The number of benzene rings is 1. The zero-order valence-corrected chi connectivity index (χ0v) is 15.0. The van der Waals surface area contributed by atoms with Gasteiger partial charge in [-0.15, -0.1) is 10.2 Å². The molecule has 6 heteroatoms. The van der Waals surface area contributed by atoms with Crippen molar-refractivity contribution >= 4 is 33.3 Å². The lowest BCUT2D eigenvalue weighted by Crippen LogP contribution is -2.15. The number of unbranched alkanes of at least 4 members (excludes halogenated alkanes) is 2. The van der Waals surface area contributed by atoms with Crippen molar-refractivity contribution in [3.63, 3.8) is 0 Å². The largest absolute Gasteiger partial charge is 0.369 e. The van der Waals surface area contributed by atoms with Crippen LogP contribution in [0.15, 0.2) is 34.8 Å². The highest BCUT2D eigenvalue weighted by molar-refractivity contribution is 9.10. The molecule has 0 atom stereocenters. The van der Waals surface area contributed by atoms with Gasteiger partial charge in [-0.1, -0.05) is 41.8 Å². The normalized spacial score (nSPS) is 10.4. The molecular formula is C17H21BrN4O. The summed E-state index contributed by atoms with van der Waals surface area (Å²) in [6.45, 7) is 5.03. The second-order valence-electron chi connectivity index (χ2n) is 5.36. The summed E-state index contributed by atoms with van der Waals surface area (Å²) in [6.07, 6.45) is 3.47. The Hall–Kier alpha value is -1.95. The number of nitrogens with one attached hydrogen (secondary N) is 2. The predicted molar refractivity (Wildman–Crippen MR) is 96.9 cm³/mol. The molecule has 1 aromatic carbocycles. The third-order valence-corrected chi connectivity index (χ3v) is 4.27. The van der Waals surface area contributed by atoms with Crippen LogP contribution in [-0.2, 0) is 0 Å². The molecule has 1 aromatic heterocycles. The Kier molecular flexibility index (Phi) is 6.52. The van der Waals surface area contributed by atoms with E-state index < -0.39 is 0 Å². The fourth-order valence-electron chi connectivity index (χ4n) is 2.00. The molecule has 2 N–H and O–H groups in total. The second-order valence-corrected chi connectivity index (χ2v) is 6.21. The van der Waals surface area contributed by atoms with Crippen molar-refractivity contribution in [1.29, 1.82) is 0 Å². The van der Waals surface area contributed by atoms with E-state index in [2.05, 4.69) is 43.7 Å². The number of hydrogen-bond donors (Lipinski definition) is 2. The molecule has 2 aromatic rings. The minimum Gasteiger partial charge on any atom is -0.369 e. The number of carbonyl (C=O) groups is 1. The first kappa shape index (κ1) is 17.4. The van der Waals surface area contributed by atoms with E-state index in [4.69, 9.17) is 0 Å². The third kappa shape index (κ3) is 5.32. The molecular weight excluding hydrogens is 356 g/mol. The highest BCUT2D eigenvalue weighted by Gasteiger charge is 2.09. The monoisotopic (exact) mass is 376 g/mol. The first-order chi connectivity index (χ1) is 11.1. The van der Waals surface area contributed by atoms with Gasteiger partial charge in [0.1, 0.15) is 5.82 Å². The van der Waals surface area contributed by atoms with Gasteiger partial charge < -0.3 is 10.6 Å². The molecule has 1 heterocycles. The Morgan fingerprint density at radius 1 is 1.17 bits per heavy atom. The van der Waals surface area contributed by atoms with Crippen LogP contribution in [0.25, 0.3) is 0 Å². The van der Waals surface area contributed by atoms with Gasteiger partial charge in [0.15, 0.2) is 5.69 Å². The lowest BCUT2D eigenvalue weighted by Gasteiger charge is -2.07. The molecule has 2 rings (SSSR count). The van der Waals surface area contributed by atoms with Crippen molar-refractivity contribution in [1.82, 2.24) is 10.2 Å². The molecule has 0 aliphatic rings. The van der Waals surface area contributed by atoms with E-state index in [1.807, 2.05) is 25.1 Å². The SMILES string of the molecule is CCCCCNc1ccc(C(=O)Nc2ccc(C)c(Br)c2)nn1. The number of carbonyl (C=O) groups excluding carboxylic acids is 1. The number of nitrogens with zero attached hydrogens (tertiary/aromatic N) is 2. The number of anilines is 2. The number of halogens is 1. The van der Waals surface area contributed by atoms with Crippen LogP contribution in [0.5, 0.6) is 0 Å². The van der Waals surface area contributed by atoms with Crippen LogP contribution in [0.1, 0.15) is 42.2 Å². The van der Waals surface area contributed by atoms with Gasteiger partial charge in [-0.3, -0.25) is 4.79 Å². The average molecular weight is 377 g/mol. The van der Waals surface area contributed by atoms with Gasteiger partial charge in [-0.25, -0.2) is 0 Å². The Balaban J connectivity index is 1.93. The van der Waals surface area contributed by atoms with Gasteiger partial charge in [-0.2, -0.15) is 0 Å². The van der Waals surface area contributed by atoms with Gasteiger partial charge in [0.2, 0.25) is 0 Å². The minimum atomic E-state index is -0.272. The van der Waals surface area contributed by atoms with E-state index in [1.165, 1.54) is 12.8 Å². The maximum absolute atomic E-state index is 12.2. The van der Waals surface area contributed by atoms with Crippen LogP contribution in [-0.4, -0.2) is 22.6 Å². The van der Waals surface area contributed by atoms with Crippen molar-refractivity contribution in [2.45, 2.75) is 33.1 Å². The number of amides is 1. The zero-order valence-electron chi connectivity index (χ0n) is 13.4. The van der Waals surface area contributed by atoms with Crippen molar-refractivity contribution < 1.29 is 4.79 Å². The topological polar surface area (TPSA) is 66.9 Å². The molecule has 0 saturated heterocycles. The van der Waals surface area contributed by atoms with Crippen molar-refractivity contribution in [2.24, 2.45) is 0 Å². The minimum absolute atomic E-state index is 0.272. The summed E-state index contributed by atoms with van der Waals surface area (Å²) in [4.78, 5) is 12.2. The van der Waals surface area contributed by atoms with Crippen LogP contribution >= 0.6 is 15.9 Å². The van der Waals surface area contributed by atoms with Crippen molar-refractivity contribution in [3.05, 3.63) is 46.1 Å². The fourth-order valence-corrected chi connectivity index (χ4v) is 2.38. The number of aryl methyl sites for hydroxylation is 1. The molecule has 0 bridgehead atoms. The lowest BCUT2D eigenvalue weighted by atomic mass is 10.2. The fraction of sp³-hybridized carbons (Fsp3) is 0.353. The standard InChI is InChI=1S/C17H21BrN4O/c1-3-4-5-10-19-16-9-8-15(21-22-16)17(23)20-13-7-6-12(2)14(18)11-13/h6-9,11H,3-5,10H2,1-2H3,(H,19,22)(H,20,23). The molecule has 0 aliphatic carbocycles. The molecule has 0 spiro atoms. The number of hydrogen-bond acceptors (Lipinski definition) is 4. The molecule has 1 amide bonds. The summed E-state index contributed by atoms with van der Waals surface area (Å²) < 4.78 is 0.952.